The lowest BCUT2D eigenvalue weighted by Crippen LogP contribution is -2.28. The average Bonchev–Trinajstić information content (AvgIpc) is 2.59. The Morgan fingerprint density at radius 3 is 2.33 bits per heavy atom. The second kappa shape index (κ2) is 4.11. The third-order valence-corrected chi connectivity index (χ3v) is 3.98. The van der Waals surface area contributed by atoms with Gasteiger partial charge in [-0.25, -0.2) is 4.98 Å². The van der Waals surface area contributed by atoms with Crippen molar-refractivity contribution >= 4 is 12.2 Å². The van der Waals surface area contributed by atoms with Crippen LogP contribution in [-0.4, -0.2) is 4.98 Å². The first-order chi connectivity index (χ1) is 8.23. The lowest BCUT2D eigenvalue weighted by molar-refractivity contribution is 0.230. The first-order valence-corrected chi connectivity index (χ1v) is 6.62. The smallest absolute Gasteiger partial charge is 0.198 e. The molecule has 0 N–H and O–H groups in total. The molecule has 1 unspecified atom stereocenters. The minimum Gasteiger partial charge on any atom is -0.440 e. The summed E-state index contributed by atoms with van der Waals surface area (Å²) in [6.45, 7) is 13.2. The van der Waals surface area contributed by atoms with Crippen molar-refractivity contribution in [3.63, 3.8) is 0 Å². The zero-order chi connectivity index (χ0) is 13.6. The Kier molecular flexibility index (Phi) is 3.00. The van der Waals surface area contributed by atoms with Gasteiger partial charge in [-0.05, 0) is 17.6 Å². The minimum atomic E-state index is 0.0220. The highest BCUT2D eigenvalue weighted by Gasteiger charge is 2.34. The molecule has 0 saturated carbocycles. The van der Waals surface area contributed by atoms with E-state index in [9.17, 15) is 0 Å². The SMILES string of the molecule is CC(C)c1nc2c(o1)C=CC(C)(C(C)(C)C)C=C2. The second-order valence-corrected chi connectivity index (χ2v) is 6.66. The Labute approximate surface area is 110 Å². The van der Waals surface area contributed by atoms with E-state index in [2.05, 4.69) is 70.8 Å². The van der Waals surface area contributed by atoms with Gasteiger partial charge in [0.05, 0.1) is 0 Å². The number of aromatic nitrogens is 1. The number of allylic oxidation sites excluding steroid dienone is 2. The highest BCUT2D eigenvalue weighted by Crippen LogP contribution is 2.43. The Morgan fingerprint density at radius 2 is 1.78 bits per heavy atom. The molecule has 0 saturated heterocycles. The molecule has 1 heterocycles. The number of hydrogen-bond acceptors (Lipinski definition) is 2. The summed E-state index contributed by atoms with van der Waals surface area (Å²) in [5, 5.41) is 0. The quantitative estimate of drug-likeness (QED) is 0.704. The van der Waals surface area contributed by atoms with Gasteiger partial charge in [-0.2, -0.15) is 0 Å². The van der Waals surface area contributed by atoms with E-state index < -0.39 is 0 Å². The van der Waals surface area contributed by atoms with Crippen molar-refractivity contribution in [3.8, 4) is 0 Å². The summed E-state index contributed by atoms with van der Waals surface area (Å²) in [6.07, 6.45) is 8.63. The molecular formula is C16H23NO. The molecule has 0 amide bonds. The molecule has 18 heavy (non-hydrogen) atoms. The van der Waals surface area contributed by atoms with Crippen molar-refractivity contribution < 1.29 is 4.42 Å². The molecule has 0 aromatic carbocycles. The van der Waals surface area contributed by atoms with E-state index in [0.717, 1.165) is 17.3 Å². The fraction of sp³-hybridized carbons (Fsp3) is 0.562. The molecule has 0 radical (unpaired) electrons. The maximum Gasteiger partial charge on any atom is 0.198 e. The summed E-state index contributed by atoms with van der Waals surface area (Å²) in [4.78, 5) is 4.55. The highest BCUT2D eigenvalue weighted by molar-refractivity contribution is 5.63. The lowest BCUT2D eigenvalue weighted by Gasteiger charge is -2.36. The number of fused-ring (bicyclic) bond motifs is 1. The number of nitrogens with zero attached hydrogens (tertiary/aromatic N) is 1. The van der Waals surface area contributed by atoms with Gasteiger partial charge in [0, 0.05) is 11.3 Å². The topological polar surface area (TPSA) is 26.0 Å². The second-order valence-electron chi connectivity index (χ2n) is 6.66. The minimum absolute atomic E-state index is 0.0220. The van der Waals surface area contributed by atoms with Gasteiger partial charge in [-0.15, -0.1) is 0 Å². The molecule has 2 nitrogen and oxygen atoms in total. The van der Waals surface area contributed by atoms with E-state index in [1.165, 1.54) is 0 Å². The summed E-state index contributed by atoms with van der Waals surface area (Å²) in [5.41, 5.74) is 1.14. The van der Waals surface area contributed by atoms with Crippen molar-refractivity contribution in [3.05, 3.63) is 29.5 Å². The van der Waals surface area contributed by atoms with Crippen molar-refractivity contribution in [1.29, 1.82) is 0 Å². The van der Waals surface area contributed by atoms with Gasteiger partial charge in [-0.3, -0.25) is 0 Å². The van der Waals surface area contributed by atoms with Gasteiger partial charge in [0.1, 0.15) is 5.69 Å². The van der Waals surface area contributed by atoms with E-state index >= 15 is 0 Å². The van der Waals surface area contributed by atoms with Gasteiger partial charge in [0.25, 0.3) is 0 Å². The van der Waals surface area contributed by atoms with Crippen molar-refractivity contribution in [2.45, 2.75) is 47.5 Å². The zero-order valence-electron chi connectivity index (χ0n) is 12.2. The summed E-state index contributed by atoms with van der Waals surface area (Å²) < 4.78 is 5.80. The van der Waals surface area contributed by atoms with E-state index in [0.29, 0.717) is 5.92 Å². The monoisotopic (exact) mass is 245 g/mol. The largest absolute Gasteiger partial charge is 0.440 e. The normalized spacial score (nSPS) is 23.3. The Bertz CT molecular complexity index is 466. The molecule has 0 aliphatic heterocycles. The van der Waals surface area contributed by atoms with Crippen LogP contribution in [0.2, 0.25) is 0 Å². The van der Waals surface area contributed by atoms with E-state index in [4.69, 9.17) is 4.42 Å². The van der Waals surface area contributed by atoms with Crippen LogP contribution < -0.4 is 0 Å². The average molecular weight is 245 g/mol. The molecule has 1 aliphatic carbocycles. The van der Waals surface area contributed by atoms with E-state index in [1.54, 1.807) is 0 Å². The predicted molar refractivity (Wildman–Crippen MR) is 76.2 cm³/mol. The number of oxazole rings is 1. The lowest BCUT2D eigenvalue weighted by atomic mass is 9.68. The maximum absolute atomic E-state index is 5.80. The predicted octanol–water partition coefficient (Wildman–Crippen LogP) is 4.89. The number of rotatable bonds is 1. The fourth-order valence-corrected chi connectivity index (χ4v) is 1.90. The van der Waals surface area contributed by atoms with E-state index in [-0.39, 0.29) is 10.8 Å². The molecule has 1 aromatic heterocycles. The molecule has 0 fully saturated rings. The molecule has 1 aliphatic rings. The third-order valence-electron chi connectivity index (χ3n) is 3.98. The molecule has 2 heteroatoms. The van der Waals surface area contributed by atoms with Crippen LogP contribution in [0.5, 0.6) is 0 Å². The Morgan fingerprint density at radius 1 is 1.17 bits per heavy atom. The zero-order valence-corrected chi connectivity index (χ0v) is 12.2. The van der Waals surface area contributed by atoms with Crippen LogP contribution in [0.3, 0.4) is 0 Å². The third kappa shape index (κ3) is 2.16. The van der Waals surface area contributed by atoms with Crippen molar-refractivity contribution in [1.82, 2.24) is 4.98 Å². The summed E-state index contributed by atoms with van der Waals surface area (Å²) in [5.74, 6) is 2.02. The van der Waals surface area contributed by atoms with Crippen molar-refractivity contribution in [2.75, 3.05) is 0 Å². The van der Waals surface area contributed by atoms with Gasteiger partial charge in [0.2, 0.25) is 0 Å². The Balaban J connectivity index is 2.41. The van der Waals surface area contributed by atoms with Gasteiger partial charge in [0.15, 0.2) is 11.7 Å². The molecular weight excluding hydrogens is 222 g/mol. The maximum atomic E-state index is 5.80. The van der Waals surface area contributed by atoms with Crippen molar-refractivity contribution in [2.24, 2.45) is 10.8 Å². The standard InChI is InChI=1S/C16H23NO/c1-11(2)14-17-12-7-9-16(6,15(3,4)5)10-8-13(12)18-14/h7-11H,1-6H3. The molecule has 0 spiro atoms. The van der Waals surface area contributed by atoms with Gasteiger partial charge < -0.3 is 4.42 Å². The summed E-state index contributed by atoms with van der Waals surface area (Å²) >= 11 is 0. The summed E-state index contributed by atoms with van der Waals surface area (Å²) in [7, 11) is 0. The fourth-order valence-electron chi connectivity index (χ4n) is 1.90. The van der Waals surface area contributed by atoms with Crippen LogP contribution in [0, 0.1) is 10.8 Å². The van der Waals surface area contributed by atoms with E-state index in [1.807, 2.05) is 0 Å². The Hall–Kier alpha value is -1.31. The van der Waals surface area contributed by atoms with Crippen LogP contribution >= 0.6 is 0 Å². The van der Waals surface area contributed by atoms with Crippen LogP contribution in [0.15, 0.2) is 16.6 Å². The molecule has 1 aromatic rings. The number of hydrogen-bond donors (Lipinski definition) is 0. The first-order valence-electron chi connectivity index (χ1n) is 6.62. The molecule has 1 atom stereocenters. The first kappa shape index (κ1) is 13.1. The molecule has 98 valence electrons. The van der Waals surface area contributed by atoms with Crippen LogP contribution in [-0.2, 0) is 0 Å². The van der Waals surface area contributed by atoms with Crippen LogP contribution in [0.1, 0.15) is 64.8 Å². The van der Waals surface area contributed by atoms with Crippen LogP contribution in [0.25, 0.3) is 12.2 Å². The molecule has 0 bridgehead atoms. The van der Waals surface area contributed by atoms with Gasteiger partial charge in [-0.1, -0.05) is 53.7 Å². The van der Waals surface area contributed by atoms with Gasteiger partial charge >= 0.3 is 0 Å². The molecule has 2 rings (SSSR count). The summed E-state index contributed by atoms with van der Waals surface area (Å²) in [6, 6.07) is 0. The van der Waals surface area contributed by atoms with Crippen LogP contribution in [0.4, 0.5) is 0 Å². The highest BCUT2D eigenvalue weighted by atomic mass is 16.4.